The van der Waals surface area contributed by atoms with Crippen LogP contribution < -0.4 is 5.73 Å². The fourth-order valence-electron chi connectivity index (χ4n) is 2.01. The first-order valence-electron chi connectivity index (χ1n) is 6.20. The molecule has 0 spiro atoms. The minimum absolute atomic E-state index is 0.0730. The number of carbonyl (C=O) groups excluding carboxylic acids is 1. The molecule has 0 aliphatic carbocycles. The van der Waals surface area contributed by atoms with Gasteiger partial charge in [0.2, 0.25) is 5.91 Å². The van der Waals surface area contributed by atoms with Crippen LogP contribution in [0.2, 0.25) is 0 Å². The van der Waals surface area contributed by atoms with Crippen LogP contribution in [-0.2, 0) is 9.53 Å². The van der Waals surface area contributed by atoms with Crippen LogP contribution in [0.3, 0.4) is 0 Å². The molecular weight excluding hydrogens is 236 g/mol. The van der Waals surface area contributed by atoms with Crippen molar-refractivity contribution in [3.8, 4) is 0 Å². The maximum Gasteiger partial charge on any atom is 0.225 e. The lowest BCUT2D eigenvalue weighted by Gasteiger charge is -2.29. The minimum Gasteiger partial charge on any atom is -0.392 e. The fourth-order valence-corrected chi connectivity index (χ4v) is 2.15. The van der Waals surface area contributed by atoms with Gasteiger partial charge in [-0.3, -0.25) is 4.79 Å². The maximum atomic E-state index is 12.1. The Bertz CT molecular complexity index is 276. The number of rotatable bonds is 5. The predicted molar refractivity (Wildman–Crippen MR) is 71.8 cm³/mol. The first kappa shape index (κ1) is 14.4. The molecule has 1 saturated heterocycles. The second-order valence-corrected chi connectivity index (χ2v) is 5.30. The van der Waals surface area contributed by atoms with Crippen molar-refractivity contribution in [1.29, 1.82) is 0 Å². The third kappa shape index (κ3) is 5.00. The molecule has 1 unspecified atom stereocenters. The zero-order valence-electron chi connectivity index (χ0n) is 10.6. The first-order valence-corrected chi connectivity index (χ1v) is 6.61. The Labute approximate surface area is 108 Å². The molecule has 0 radical (unpaired) electrons. The van der Waals surface area contributed by atoms with Gasteiger partial charge in [-0.2, -0.15) is 0 Å². The molecule has 0 saturated carbocycles. The van der Waals surface area contributed by atoms with Crippen molar-refractivity contribution in [3.63, 3.8) is 0 Å². The zero-order chi connectivity index (χ0) is 12.8. The van der Waals surface area contributed by atoms with Crippen molar-refractivity contribution in [3.05, 3.63) is 0 Å². The lowest BCUT2D eigenvalue weighted by atomic mass is 10.1. The van der Waals surface area contributed by atoms with Gasteiger partial charge in [-0.15, -0.1) is 0 Å². The summed E-state index contributed by atoms with van der Waals surface area (Å²) < 4.78 is 5.57. The summed E-state index contributed by atoms with van der Waals surface area (Å²) in [5.41, 5.74) is 5.51. The third-order valence-electron chi connectivity index (χ3n) is 2.95. The van der Waals surface area contributed by atoms with E-state index in [1.165, 1.54) is 0 Å². The van der Waals surface area contributed by atoms with E-state index in [0.717, 1.165) is 25.9 Å². The molecule has 0 aromatic heterocycles. The molecule has 5 heteroatoms. The van der Waals surface area contributed by atoms with Crippen LogP contribution in [0.5, 0.6) is 0 Å². The van der Waals surface area contributed by atoms with E-state index in [2.05, 4.69) is 0 Å². The fraction of sp³-hybridized carbons (Fsp3) is 0.833. The second kappa shape index (κ2) is 6.91. The number of hydrogen-bond donors (Lipinski definition) is 1. The highest BCUT2D eigenvalue weighted by Crippen LogP contribution is 2.17. The molecule has 17 heavy (non-hydrogen) atoms. The van der Waals surface area contributed by atoms with Crippen molar-refractivity contribution < 1.29 is 9.53 Å². The zero-order valence-corrected chi connectivity index (χ0v) is 11.5. The lowest BCUT2D eigenvalue weighted by molar-refractivity contribution is -0.135. The molecule has 1 atom stereocenters. The van der Waals surface area contributed by atoms with E-state index >= 15 is 0 Å². The molecule has 0 aromatic rings. The summed E-state index contributed by atoms with van der Waals surface area (Å²) in [6, 6.07) is 0.118. The van der Waals surface area contributed by atoms with Crippen molar-refractivity contribution in [2.45, 2.75) is 51.7 Å². The minimum atomic E-state index is 0.0730. The van der Waals surface area contributed by atoms with Gasteiger partial charge in [0.05, 0.1) is 24.1 Å². The van der Waals surface area contributed by atoms with E-state index < -0.39 is 0 Å². The van der Waals surface area contributed by atoms with Crippen LogP contribution in [0.25, 0.3) is 0 Å². The topological polar surface area (TPSA) is 55.6 Å². The van der Waals surface area contributed by atoms with Gasteiger partial charge >= 0.3 is 0 Å². The maximum absolute atomic E-state index is 12.1. The molecule has 4 nitrogen and oxygen atoms in total. The van der Waals surface area contributed by atoms with Crippen LogP contribution in [0.4, 0.5) is 0 Å². The van der Waals surface area contributed by atoms with E-state index in [-0.39, 0.29) is 18.1 Å². The predicted octanol–water partition coefficient (Wildman–Crippen LogP) is 1.47. The Hall–Kier alpha value is -0.680. The average molecular weight is 258 g/mol. The van der Waals surface area contributed by atoms with Crippen LogP contribution in [0.1, 0.15) is 39.5 Å². The van der Waals surface area contributed by atoms with Gasteiger partial charge in [-0.1, -0.05) is 12.2 Å². The van der Waals surface area contributed by atoms with E-state index in [9.17, 15) is 4.79 Å². The number of ether oxygens (including phenoxy) is 1. The number of nitrogens with zero attached hydrogens (tertiary/aromatic N) is 1. The Morgan fingerprint density at radius 2 is 2.24 bits per heavy atom. The molecule has 98 valence electrons. The second-order valence-electron chi connectivity index (χ2n) is 4.77. The van der Waals surface area contributed by atoms with E-state index in [4.69, 9.17) is 22.7 Å². The van der Waals surface area contributed by atoms with Crippen molar-refractivity contribution >= 4 is 23.1 Å². The summed E-state index contributed by atoms with van der Waals surface area (Å²) in [5.74, 6) is 0.0831. The molecule has 1 fully saturated rings. The van der Waals surface area contributed by atoms with Crippen molar-refractivity contribution in [2.24, 2.45) is 5.73 Å². The van der Waals surface area contributed by atoms with Crippen LogP contribution in [0.15, 0.2) is 0 Å². The van der Waals surface area contributed by atoms with Gasteiger partial charge in [0.15, 0.2) is 0 Å². The van der Waals surface area contributed by atoms with Crippen LogP contribution >= 0.6 is 12.2 Å². The Balaban J connectivity index is 2.49. The largest absolute Gasteiger partial charge is 0.392 e. The number of amides is 1. The summed E-state index contributed by atoms with van der Waals surface area (Å²) in [4.78, 5) is 14.2. The summed E-state index contributed by atoms with van der Waals surface area (Å²) in [6.45, 7) is 5.07. The van der Waals surface area contributed by atoms with Crippen molar-refractivity contribution in [2.75, 3.05) is 13.2 Å². The molecule has 1 aliphatic rings. The molecule has 1 aliphatic heterocycles. The highest BCUT2D eigenvalue weighted by atomic mass is 32.1. The number of thiocarbonyl (C=S) groups is 1. The van der Waals surface area contributed by atoms with Gasteiger partial charge < -0.3 is 15.4 Å². The molecule has 1 heterocycles. The average Bonchev–Trinajstić information content (AvgIpc) is 2.26. The smallest absolute Gasteiger partial charge is 0.225 e. The van der Waals surface area contributed by atoms with Gasteiger partial charge in [-0.25, -0.2) is 0 Å². The SMILES string of the molecule is CC(C)N(CC(N)=S)C(=O)CC1CCCCO1. The molecule has 1 rings (SSSR count). The summed E-state index contributed by atoms with van der Waals surface area (Å²) in [7, 11) is 0. The monoisotopic (exact) mass is 258 g/mol. The number of hydrogen-bond acceptors (Lipinski definition) is 3. The Kier molecular flexibility index (Phi) is 5.85. The van der Waals surface area contributed by atoms with E-state index in [1.54, 1.807) is 4.90 Å². The molecule has 0 bridgehead atoms. The van der Waals surface area contributed by atoms with Crippen LogP contribution in [0, 0.1) is 0 Å². The highest BCUT2D eigenvalue weighted by Gasteiger charge is 2.23. The first-order chi connectivity index (χ1) is 8.00. The normalized spacial score (nSPS) is 20.3. The van der Waals surface area contributed by atoms with Gasteiger partial charge in [0.1, 0.15) is 0 Å². The van der Waals surface area contributed by atoms with E-state index in [0.29, 0.717) is 18.0 Å². The molecule has 2 N–H and O–H groups in total. The molecular formula is C12H22N2O2S. The highest BCUT2D eigenvalue weighted by molar-refractivity contribution is 7.80. The summed E-state index contributed by atoms with van der Waals surface area (Å²) in [6.07, 6.45) is 3.75. The standard InChI is InChI=1S/C12H22N2O2S/c1-9(2)14(8-11(13)17)12(15)7-10-5-3-4-6-16-10/h9-10H,3-8H2,1-2H3,(H2,13,17). The third-order valence-corrected chi connectivity index (χ3v) is 3.08. The van der Waals surface area contributed by atoms with Crippen LogP contribution in [-0.4, -0.2) is 41.1 Å². The quantitative estimate of drug-likeness (QED) is 0.759. The Morgan fingerprint density at radius 3 is 2.71 bits per heavy atom. The van der Waals surface area contributed by atoms with Gasteiger partial charge in [0, 0.05) is 12.6 Å². The number of carbonyl (C=O) groups is 1. The van der Waals surface area contributed by atoms with E-state index in [1.807, 2.05) is 13.8 Å². The number of nitrogens with two attached hydrogens (primary N) is 1. The molecule has 1 amide bonds. The summed E-state index contributed by atoms with van der Waals surface area (Å²) >= 11 is 4.87. The molecule has 0 aromatic carbocycles. The lowest BCUT2D eigenvalue weighted by Crippen LogP contribution is -2.43. The van der Waals surface area contributed by atoms with Crippen molar-refractivity contribution in [1.82, 2.24) is 4.90 Å². The van der Waals surface area contributed by atoms with Gasteiger partial charge in [-0.05, 0) is 33.1 Å². The van der Waals surface area contributed by atoms with Gasteiger partial charge in [0.25, 0.3) is 0 Å². The summed E-state index contributed by atoms with van der Waals surface area (Å²) in [5, 5.41) is 0. The Morgan fingerprint density at radius 1 is 1.53 bits per heavy atom.